The zero-order chi connectivity index (χ0) is 42.3. The minimum Gasteiger partial charge on any atom is -0.310 e. The summed E-state index contributed by atoms with van der Waals surface area (Å²) in [6.07, 6.45) is 4.66. The fraction of sp³-hybridized carbons (Fsp3) is 0.129. The van der Waals surface area contributed by atoms with Crippen molar-refractivity contribution < 1.29 is 0 Å². The summed E-state index contributed by atoms with van der Waals surface area (Å²) in [6, 6.07) is 81.6. The van der Waals surface area contributed by atoms with Crippen molar-refractivity contribution in [3.63, 3.8) is 0 Å². The van der Waals surface area contributed by atoms with Gasteiger partial charge in [-0.25, -0.2) is 0 Å². The summed E-state index contributed by atoms with van der Waals surface area (Å²) in [6.45, 7) is 4.74. The van der Waals surface area contributed by atoms with Gasteiger partial charge in [0.25, 0.3) is 0 Å². The van der Waals surface area contributed by atoms with E-state index in [1.165, 1.54) is 102 Å². The third kappa shape index (κ3) is 6.62. The van der Waals surface area contributed by atoms with E-state index < -0.39 is 5.41 Å². The molecule has 0 saturated carbocycles. The predicted molar refractivity (Wildman–Crippen MR) is 265 cm³/mol. The van der Waals surface area contributed by atoms with Gasteiger partial charge in [0, 0.05) is 16.9 Å². The SMILES string of the molecule is CC(C)c1ccc2c(c1-c1cc3c(cc1N(c1ccc(-c4ccccc4)cc1)c1ccc(-c4ccccc4)cc1)C(c1ccccc1)(c1ccccc1)c1ccccc1-3)CCCC2. The van der Waals surface area contributed by atoms with E-state index in [1.807, 2.05) is 0 Å². The van der Waals surface area contributed by atoms with Crippen molar-refractivity contribution in [2.45, 2.75) is 50.9 Å². The fourth-order valence-electron chi connectivity index (χ4n) is 10.8. The average Bonchev–Trinajstić information content (AvgIpc) is 3.65. The number of nitrogens with zero attached hydrogens (tertiary/aromatic N) is 1. The lowest BCUT2D eigenvalue weighted by molar-refractivity contribution is 0.684. The quantitative estimate of drug-likeness (QED) is 0.140. The first-order valence-electron chi connectivity index (χ1n) is 22.7. The van der Waals surface area contributed by atoms with Crippen LogP contribution in [0.3, 0.4) is 0 Å². The van der Waals surface area contributed by atoms with E-state index in [0.717, 1.165) is 24.2 Å². The van der Waals surface area contributed by atoms with Crippen molar-refractivity contribution in [1.29, 1.82) is 0 Å². The van der Waals surface area contributed by atoms with Crippen LogP contribution in [-0.4, -0.2) is 0 Å². The van der Waals surface area contributed by atoms with Gasteiger partial charge in [0.2, 0.25) is 0 Å². The first-order valence-corrected chi connectivity index (χ1v) is 22.7. The number of hydrogen-bond donors (Lipinski definition) is 0. The van der Waals surface area contributed by atoms with Gasteiger partial charge in [0.1, 0.15) is 0 Å². The monoisotopic (exact) mass is 809 g/mol. The molecule has 0 heterocycles. The van der Waals surface area contributed by atoms with Crippen LogP contribution in [0, 0.1) is 0 Å². The maximum Gasteiger partial charge on any atom is 0.0714 e. The van der Waals surface area contributed by atoms with Gasteiger partial charge in [-0.1, -0.05) is 196 Å². The maximum absolute atomic E-state index is 2.59. The Balaban J connectivity index is 1.26. The number of anilines is 3. The van der Waals surface area contributed by atoms with Gasteiger partial charge in [-0.2, -0.15) is 0 Å². The van der Waals surface area contributed by atoms with Gasteiger partial charge in [-0.3, -0.25) is 0 Å². The van der Waals surface area contributed by atoms with Crippen LogP contribution in [0.4, 0.5) is 17.1 Å². The van der Waals surface area contributed by atoms with Crippen molar-refractivity contribution in [1.82, 2.24) is 0 Å². The lowest BCUT2D eigenvalue weighted by atomic mass is 9.67. The second-order valence-electron chi connectivity index (χ2n) is 17.6. The van der Waals surface area contributed by atoms with Crippen LogP contribution >= 0.6 is 0 Å². The summed E-state index contributed by atoms with van der Waals surface area (Å²) in [5.74, 6) is 0.345. The van der Waals surface area contributed by atoms with E-state index in [1.54, 1.807) is 0 Å². The van der Waals surface area contributed by atoms with Crippen LogP contribution in [0.15, 0.2) is 218 Å². The van der Waals surface area contributed by atoms with E-state index >= 15 is 0 Å². The van der Waals surface area contributed by atoms with E-state index in [2.05, 4.69) is 237 Å². The molecule has 9 aromatic rings. The molecule has 2 aliphatic rings. The zero-order valence-corrected chi connectivity index (χ0v) is 36.1. The molecule has 0 spiro atoms. The summed E-state index contributed by atoms with van der Waals surface area (Å²) in [7, 11) is 0. The molecule has 0 saturated heterocycles. The molecule has 2 aliphatic carbocycles. The number of rotatable bonds is 9. The Bertz CT molecular complexity index is 2920. The molecule has 0 N–H and O–H groups in total. The smallest absolute Gasteiger partial charge is 0.0714 e. The average molecular weight is 810 g/mol. The van der Waals surface area contributed by atoms with Crippen molar-refractivity contribution in [2.24, 2.45) is 0 Å². The summed E-state index contributed by atoms with van der Waals surface area (Å²) in [5.41, 5.74) is 22.7. The molecule has 0 bridgehead atoms. The molecule has 0 amide bonds. The molecule has 9 aromatic carbocycles. The van der Waals surface area contributed by atoms with Crippen LogP contribution in [0.1, 0.15) is 71.6 Å². The topological polar surface area (TPSA) is 3.24 Å². The lowest BCUT2D eigenvalue weighted by Crippen LogP contribution is -2.28. The third-order valence-electron chi connectivity index (χ3n) is 13.7. The van der Waals surface area contributed by atoms with E-state index in [-0.39, 0.29) is 0 Å². The first kappa shape index (κ1) is 38.7. The van der Waals surface area contributed by atoms with E-state index in [0.29, 0.717) is 5.92 Å². The first-order chi connectivity index (χ1) is 31.1. The van der Waals surface area contributed by atoms with Gasteiger partial charge in [0.05, 0.1) is 11.1 Å². The molecule has 0 aliphatic heterocycles. The molecule has 0 fully saturated rings. The summed E-state index contributed by atoms with van der Waals surface area (Å²) < 4.78 is 0. The molecule has 11 rings (SSSR count). The highest BCUT2D eigenvalue weighted by Gasteiger charge is 2.47. The second kappa shape index (κ2) is 16.2. The van der Waals surface area contributed by atoms with Gasteiger partial charge in [0.15, 0.2) is 0 Å². The Hall–Kier alpha value is -7.22. The molecule has 1 heteroatoms. The van der Waals surface area contributed by atoms with Crippen LogP contribution in [0.5, 0.6) is 0 Å². The molecular weight excluding hydrogens is 759 g/mol. The second-order valence-corrected chi connectivity index (χ2v) is 17.6. The van der Waals surface area contributed by atoms with Crippen molar-refractivity contribution in [2.75, 3.05) is 4.90 Å². The molecule has 0 unspecified atom stereocenters. The Morgan fingerprint density at radius 3 is 1.46 bits per heavy atom. The third-order valence-corrected chi connectivity index (χ3v) is 13.7. The highest BCUT2D eigenvalue weighted by molar-refractivity contribution is 5.98. The molecule has 0 atom stereocenters. The van der Waals surface area contributed by atoms with Crippen molar-refractivity contribution in [3.8, 4) is 44.5 Å². The van der Waals surface area contributed by atoms with Gasteiger partial charge >= 0.3 is 0 Å². The van der Waals surface area contributed by atoms with Gasteiger partial charge < -0.3 is 4.90 Å². The van der Waals surface area contributed by atoms with Crippen molar-refractivity contribution >= 4 is 17.1 Å². The summed E-state index contributed by atoms with van der Waals surface area (Å²) >= 11 is 0. The van der Waals surface area contributed by atoms with Crippen LogP contribution in [0.2, 0.25) is 0 Å². The number of aryl methyl sites for hydroxylation is 1. The molecular formula is C62H51N. The minimum atomic E-state index is -0.543. The predicted octanol–water partition coefficient (Wildman–Crippen LogP) is 16.5. The highest BCUT2D eigenvalue weighted by Crippen LogP contribution is 2.59. The number of benzene rings is 9. The van der Waals surface area contributed by atoms with E-state index in [4.69, 9.17) is 0 Å². The van der Waals surface area contributed by atoms with Crippen LogP contribution < -0.4 is 4.90 Å². The van der Waals surface area contributed by atoms with Gasteiger partial charge in [-0.05, 0) is 146 Å². The Kier molecular flexibility index (Phi) is 9.97. The van der Waals surface area contributed by atoms with E-state index in [9.17, 15) is 0 Å². The zero-order valence-electron chi connectivity index (χ0n) is 36.1. The molecule has 63 heavy (non-hydrogen) atoms. The van der Waals surface area contributed by atoms with Crippen molar-refractivity contribution in [3.05, 3.63) is 257 Å². The number of fused-ring (bicyclic) bond motifs is 4. The van der Waals surface area contributed by atoms with Gasteiger partial charge in [-0.15, -0.1) is 0 Å². The molecule has 0 radical (unpaired) electrons. The Morgan fingerprint density at radius 2 is 0.905 bits per heavy atom. The maximum atomic E-state index is 2.59. The molecule has 304 valence electrons. The summed E-state index contributed by atoms with van der Waals surface area (Å²) in [4.78, 5) is 2.55. The highest BCUT2D eigenvalue weighted by atomic mass is 15.1. The molecule has 0 aromatic heterocycles. The normalized spacial score (nSPS) is 13.6. The van der Waals surface area contributed by atoms with Crippen LogP contribution in [0.25, 0.3) is 44.5 Å². The standard InChI is InChI=1S/C62H51N/c1-43(2)53-40-35-48-23-15-16-28-54(48)61(53)57-41-56-55-29-17-18-30-58(55)62(49-24-11-5-12-25-49,50-26-13-6-14-27-50)59(56)42-60(57)63(51-36-31-46(32-37-51)44-19-7-3-8-20-44)52-38-33-47(34-39-52)45-21-9-4-10-22-45/h3-14,17-22,24-27,29-43H,15-16,23,28H2,1-2H3. The minimum absolute atomic E-state index is 0.345. The molecule has 1 nitrogen and oxygen atoms in total. The fourth-order valence-corrected chi connectivity index (χ4v) is 10.8. The van der Waals surface area contributed by atoms with Crippen LogP contribution in [-0.2, 0) is 18.3 Å². The Morgan fingerprint density at radius 1 is 0.413 bits per heavy atom. The Labute approximate surface area is 373 Å². The lowest BCUT2D eigenvalue weighted by Gasteiger charge is -2.36. The number of hydrogen-bond acceptors (Lipinski definition) is 1. The largest absolute Gasteiger partial charge is 0.310 e. The summed E-state index contributed by atoms with van der Waals surface area (Å²) in [5, 5.41) is 0.